The van der Waals surface area contributed by atoms with Crippen LogP contribution < -0.4 is 4.74 Å². The normalized spacial score (nSPS) is 11.9. The zero-order chi connectivity index (χ0) is 32.2. The molecule has 238 valence electrons. The standard InChI is InChI=1S/C35H46ClN3O5/c1-22-20-26(21-23(2)31(22)36)43-18-10-14-28-27-12-9-13-29(30-24(3)37-38(8)25(30)4)32(27)39(15-11-17-42-19-16-40)33(28)34(41)44-35(5,6)7/h9,12-13,20-21,40H,10-11,14-19H2,1-8H3. The van der Waals surface area contributed by atoms with Crippen molar-refractivity contribution in [3.8, 4) is 16.9 Å². The highest BCUT2D eigenvalue weighted by Crippen LogP contribution is 2.38. The molecule has 2 aromatic carbocycles. The Balaban J connectivity index is 1.80. The fourth-order valence-corrected chi connectivity index (χ4v) is 5.91. The molecule has 1 N–H and O–H groups in total. The Kier molecular flexibility index (Phi) is 10.8. The average Bonchev–Trinajstić information content (AvgIpc) is 3.40. The molecule has 0 amide bonds. The van der Waals surface area contributed by atoms with Gasteiger partial charge in [-0.2, -0.15) is 5.10 Å². The van der Waals surface area contributed by atoms with Crippen molar-refractivity contribution >= 4 is 28.5 Å². The Bertz CT molecular complexity index is 1610. The molecule has 44 heavy (non-hydrogen) atoms. The Morgan fingerprint density at radius 1 is 1.02 bits per heavy atom. The highest BCUT2D eigenvalue weighted by atomic mass is 35.5. The number of fused-ring (bicyclic) bond motifs is 1. The third-order valence-electron chi connectivity index (χ3n) is 7.71. The van der Waals surface area contributed by atoms with Crippen LogP contribution >= 0.6 is 11.6 Å². The molecule has 0 atom stereocenters. The van der Waals surface area contributed by atoms with Gasteiger partial charge in [-0.15, -0.1) is 0 Å². The van der Waals surface area contributed by atoms with Crippen LogP contribution in [0.25, 0.3) is 22.0 Å². The molecule has 0 aliphatic rings. The number of hydrogen-bond donors (Lipinski definition) is 1. The van der Waals surface area contributed by atoms with E-state index >= 15 is 0 Å². The molecule has 4 rings (SSSR count). The van der Waals surface area contributed by atoms with Crippen LogP contribution in [-0.4, -0.2) is 57.5 Å². The molecule has 0 radical (unpaired) electrons. The maximum absolute atomic E-state index is 14.0. The van der Waals surface area contributed by atoms with Gasteiger partial charge in [-0.3, -0.25) is 4.68 Å². The highest BCUT2D eigenvalue weighted by Gasteiger charge is 2.29. The molecule has 0 bridgehead atoms. The van der Waals surface area contributed by atoms with Crippen LogP contribution in [0.2, 0.25) is 5.02 Å². The van der Waals surface area contributed by atoms with Crippen molar-refractivity contribution in [1.82, 2.24) is 14.3 Å². The summed E-state index contributed by atoms with van der Waals surface area (Å²) in [4.78, 5) is 14.0. The third-order valence-corrected chi connectivity index (χ3v) is 8.31. The monoisotopic (exact) mass is 623 g/mol. The molecule has 0 aliphatic heterocycles. The van der Waals surface area contributed by atoms with Crippen LogP contribution in [-0.2, 0) is 29.5 Å². The number of para-hydroxylation sites is 1. The molecule has 2 heterocycles. The molecule has 4 aromatic rings. The van der Waals surface area contributed by atoms with Crippen molar-refractivity contribution in [1.29, 1.82) is 0 Å². The molecule has 0 fully saturated rings. The average molecular weight is 624 g/mol. The number of hydrogen-bond acceptors (Lipinski definition) is 6. The fraction of sp³-hybridized carbons (Fsp3) is 0.486. The van der Waals surface area contributed by atoms with Crippen LogP contribution in [0, 0.1) is 27.7 Å². The Morgan fingerprint density at radius 2 is 1.73 bits per heavy atom. The van der Waals surface area contributed by atoms with Gasteiger partial charge in [0.1, 0.15) is 17.0 Å². The first-order valence-corrected chi connectivity index (χ1v) is 15.7. The van der Waals surface area contributed by atoms with Crippen LogP contribution in [0.1, 0.15) is 72.2 Å². The van der Waals surface area contributed by atoms with Gasteiger partial charge in [0.05, 0.1) is 31.0 Å². The summed E-state index contributed by atoms with van der Waals surface area (Å²) in [5.74, 6) is 0.433. The topological polar surface area (TPSA) is 87.7 Å². The van der Waals surface area contributed by atoms with Crippen molar-refractivity contribution < 1.29 is 24.1 Å². The van der Waals surface area contributed by atoms with E-state index in [1.54, 1.807) is 0 Å². The Labute approximate surface area is 265 Å². The number of nitrogens with zero attached hydrogens (tertiary/aromatic N) is 3. The lowest BCUT2D eigenvalue weighted by molar-refractivity contribution is 0.00559. The van der Waals surface area contributed by atoms with Gasteiger partial charge in [0.15, 0.2) is 0 Å². The number of aryl methyl sites for hydroxylation is 6. The first-order valence-electron chi connectivity index (χ1n) is 15.3. The molecule has 0 unspecified atom stereocenters. The lowest BCUT2D eigenvalue weighted by Gasteiger charge is -2.21. The van der Waals surface area contributed by atoms with E-state index in [0.29, 0.717) is 44.7 Å². The third kappa shape index (κ3) is 7.48. The largest absolute Gasteiger partial charge is 0.494 e. The van der Waals surface area contributed by atoms with E-state index < -0.39 is 5.60 Å². The van der Waals surface area contributed by atoms with Crippen molar-refractivity contribution in [2.24, 2.45) is 7.05 Å². The van der Waals surface area contributed by atoms with Crippen LogP contribution in [0.15, 0.2) is 30.3 Å². The molecule has 0 saturated carbocycles. The molecule has 0 saturated heterocycles. The van der Waals surface area contributed by atoms with Gasteiger partial charge >= 0.3 is 5.97 Å². The minimum Gasteiger partial charge on any atom is -0.494 e. The first-order chi connectivity index (χ1) is 20.8. The van der Waals surface area contributed by atoms with Gasteiger partial charge < -0.3 is 23.9 Å². The minimum absolute atomic E-state index is 0.0271. The van der Waals surface area contributed by atoms with E-state index in [2.05, 4.69) is 34.8 Å². The number of carbonyl (C=O) groups is 1. The number of esters is 1. The summed E-state index contributed by atoms with van der Waals surface area (Å²) >= 11 is 6.35. The molecule has 8 nitrogen and oxygen atoms in total. The maximum atomic E-state index is 14.0. The summed E-state index contributed by atoms with van der Waals surface area (Å²) < 4.78 is 21.7. The second-order valence-corrected chi connectivity index (χ2v) is 12.7. The van der Waals surface area contributed by atoms with E-state index in [0.717, 1.165) is 60.9 Å². The second kappa shape index (κ2) is 14.2. The Morgan fingerprint density at radius 3 is 2.34 bits per heavy atom. The summed E-state index contributed by atoms with van der Waals surface area (Å²) in [7, 11) is 1.95. The van der Waals surface area contributed by atoms with Gasteiger partial charge in [-0.1, -0.05) is 29.8 Å². The number of aliphatic hydroxyl groups is 1. The van der Waals surface area contributed by atoms with Crippen molar-refractivity contribution in [2.75, 3.05) is 26.4 Å². The number of carbonyl (C=O) groups excluding carboxylic acids is 1. The van der Waals surface area contributed by atoms with E-state index in [4.69, 9.17) is 30.9 Å². The number of halogens is 1. The van der Waals surface area contributed by atoms with E-state index in [1.807, 2.05) is 65.4 Å². The van der Waals surface area contributed by atoms with Crippen molar-refractivity contribution in [3.05, 3.63) is 69.1 Å². The predicted molar refractivity (Wildman–Crippen MR) is 176 cm³/mol. The molecule has 0 spiro atoms. The second-order valence-electron chi connectivity index (χ2n) is 12.4. The summed E-state index contributed by atoms with van der Waals surface area (Å²) in [6.07, 6.45) is 1.99. The summed E-state index contributed by atoms with van der Waals surface area (Å²) in [5.41, 5.74) is 7.85. The number of aromatic nitrogens is 3. The summed E-state index contributed by atoms with van der Waals surface area (Å²) in [5, 5.41) is 15.6. The molecule has 0 aliphatic carbocycles. The number of benzene rings is 2. The van der Waals surface area contributed by atoms with E-state index in [-0.39, 0.29) is 19.2 Å². The lowest BCUT2D eigenvalue weighted by Crippen LogP contribution is -2.26. The summed E-state index contributed by atoms with van der Waals surface area (Å²) in [6, 6.07) is 10.2. The van der Waals surface area contributed by atoms with Crippen molar-refractivity contribution in [2.45, 2.75) is 79.9 Å². The molecular weight excluding hydrogens is 578 g/mol. The van der Waals surface area contributed by atoms with Crippen LogP contribution in [0.3, 0.4) is 0 Å². The molecule has 2 aromatic heterocycles. The first kappa shape index (κ1) is 33.6. The van der Waals surface area contributed by atoms with Gasteiger partial charge in [0, 0.05) is 47.4 Å². The fourth-order valence-electron chi connectivity index (χ4n) is 5.80. The lowest BCUT2D eigenvalue weighted by atomic mass is 9.98. The maximum Gasteiger partial charge on any atom is 0.355 e. The zero-order valence-corrected chi connectivity index (χ0v) is 28.1. The van der Waals surface area contributed by atoms with Gasteiger partial charge in [-0.25, -0.2) is 4.79 Å². The number of ether oxygens (including phenoxy) is 3. The predicted octanol–water partition coefficient (Wildman–Crippen LogP) is 7.29. The Hall–Kier alpha value is -3.33. The van der Waals surface area contributed by atoms with Crippen molar-refractivity contribution in [3.63, 3.8) is 0 Å². The summed E-state index contributed by atoms with van der Waals surface area (Å²) in [6.45, 7) is 15.4. The van der Waals surface area contributed by atoms with E-state index in [9.17, 15) is 4.79 Å². The smallest absolute Gasteiger partial charge is 0.355 e. The SMILES string of the molecule is Cc1cc(OCCCc2c(C(=O)OC(C)(C)C)n(CCCOCCO)c3c(-c4c(C)nn(C)c4C)cccc23)cc(C)c1Cl. The number of rotatable bonds is 13. The van der Waals surface area contributed by atoms with Gasteiger partial charge in [0.25, 0.3) is 0 Å². The highest BCUT2D eigenvalue weighted by molar-refractivity contribution is 6.32. The molecule has 9 heteroatoms. The van der Waals surface area contributed by atoms with Gasteiger partial charge in [0.2, 0.25) is 0 Å². The van der Waals surface area contributed by atoms with Crippen LogP contribution in [0.5, 0.6) is 5.75 Å². The van der Waals surface area contributed by atoms with E-state index in [1.165, 1.54) is 0 Å². The van der Waals surface area contributed by atoms with Gasteiger partial charge in [-0.05, 0) is 96.6 Å². The number of aliphatic hydroxyl groups excluding tert-OH is 1. The minimum atomic E-state index is -0.660. The quantitative estimate of drug-likeness (QED) is 0.124. The zero-order valence-electron chi connectivity index (χ0n) is 27.3. The molecular formula is C35H46ClN3O5. The van der Waals surface area contributed by atoms with Crippen LogP contribution in [0.4, 0.5) is 0 Å².